The highest BCUT2D eigenvalue weighted by atomic mass is 35.5. The predicted molar refractivity (Wildman–Crippen MR) is 120 cm³/mol. The molecule has 0 atom stereocenters. The number of rotatable bonds is 3. The lowest BCUT2D eigenvalue weighted by Crippen LogP contribution is -2.62. The number of anilines is 1. The highest BCUT2D eigenvalue weighted by molar-refractivity contribution is 6.30. The number of carbonyl (C=O) groups excluding carboxylic acids is 1. The van der Waals surface area contributed by atoms with Crippen molar-refractivity contribution in [1.82, 2.24) is 29.9 Å². The van der Waals surface area contributed by atoms with Crippen LogP contribution in [0.2, 0.25) is 5.02 Å². The van der Waals surface area contributed by atoms with Crippen molar-refractivity contribution in [2.24, 2.45) is 5.41 Å². The van der Waals surface area contributed by atoms with E-state index in [-0.39, 0.29) is 5.91 Å². The van der Waals surface area contributed by atoms with E-state index in [0.29, 0.717) is 35.9 Å². The smallest absolute Gasteiger partial charge is 0.222 e. The summed E-state index contributed by atoms with van der Waals surface area (Å²) in [5.74, 6) is 3.23. The average Bonchev–Trinajstić information content (AvgIpc) is 3.07. The van der Waals surface area contributed by atoms with E-state index < -0.39 is 0 Å². The molecule has 0 unspecified atom stereocenters. The van der Waals surface area contributed by atoms with Crippen molar-refractivity contribution in [3.8, 4) is 5.69 Å². The fourth-order valence-electron chi connectivity index (χ4n) is 5.50. The number of carbonyl (C=O) groups is 1. The Morgan fingerprint density at radius 1 is 1.16 bits per heavy atom. The Morgan fingerprint density at radius 2 is 2.00 bits per heavy atom. The second-order valence-electron chi connectivity index (χ2n) is 9.23. The van der Waals surface area contributed by atoms with E-state index in [9.17, 15) is 4.79 Å². The molecule has 1 saturated carbocycles. The average molecular weight is 450 g/mol. The van der Waals surface area contributed by atoms with Gasteiger partial charge in [0.25, 0.3) is 0 Å². The third kappa shape index (κ3) is 3.08. The van der Waals surface area contributed by atoms with Crippen molar-refractivity contribution in [3.05, 3.63) is 58.8 Å². The Morgan fingerprint density at radius 3 is 2.75 bits per heavy atom. The zero-order valence-corrected chi connectivity index (χ0v) is 18.7. The lowest BCUT2D eigenvalue weighted by Gasteiger charge is -2.59. The molecule has 1 aromatic carbocycles. The van der Waals surface area contributed by atoms with Gasteiger partial charge in [-0.2, -0.15) is 5.10 Å². The molecule has 0 radical (unpaired) electrons. The Labute approximate surface area is 191 Å². The van der Waals surface area contributed by atoms with Gasteiger partial charge in [-0.05, 0) is 48.7 Å². The topological polar surface area (TPSA) is 80.0 Å². The van der Waals surface area contributed by atoms with Gasteiger partial charge in [-0.3, -0.25) is 9.36 Å². The number of halogens is 1. The molecule has 9 heteroatoms. The van der Waals surface area contributed by atoms with Crippen molar-refractivity contribution < 1.29 is 4.79 Å². The van der Waals surface area contributed by atoms with Crippen molar-refractivity contribution in [2.75, 3.05) is 18.0 Å². The van der Waals surface area contributed by atoms with E-state index >= 15 is 0 Å². The molecule has 8 nitrogen and oxygen atoms in total. The van der Waals surface area contributed by atoms with Gasteiger partial charge >= 0.3 is 0 Å². The van der Waals surface area contributed by atoms with Crippen molar-refractivity contribution in [3.63, 3.8) is 0 Å². The number of benzene rings is 1. The molecule has 2 fully saturated rings. The molecule has 2 aliphatic heterocycles. The zero-order valence-electron chi connectivity index (χ0n) is 17.9. The van der Waals surface area contributed by atoms with E-state index in [4.69, 9.17) is 11.6 Å². The summed E-state index contributed by atoms with van der Waals surface area (Å²) in [5.41, 5.74) is 2.39. The quantitative estimate of drug-likeness (QED) is 0.610. The summed E-state index contributed by atoms with van der Waals surface area (Å²) in [7, 11) is 0. The lowest BCUT2D eigenvalue weighted by atomic mass is 9.57. The largest absolute Gasteiger partial charge is 0.354 e. The predicted octanol–water partition coefficient (Wildman–Crippen LogP) is 3.35. The first kappa shape index (κ1) is 19.7. The highest BCUT2D eigenvalue weighted by Crippen LogP contribution is 2.56. The molecule has 32 heavy (non-hydrogen) atoms. The van der Waals surface area contributed by atoms with Gasteiger partial charge in [0.2, 0.25) is 5.91 Å². The van der Waals surface area contributed by atoms with Crippen LogP contribution in [0.4, 0.5) is 5.82 Å². The maximum Gasteiger partial charge on any atom is 0.222 e. The summed E-state index contributed by atoms with van der Waals surface area (Å²) in [6.45, 7) is 4.90. The third-order valence-electron chi connectivity index (χ3n) is 7.04. The van der Waals surface area contributed by atoms with Gasteiger partial charge < -0.3 is 9.80 Å². The summed E-state index contributed by atoms with van der Waals surface area (Å²) >= 11 is 6.30. The van der Waals surface area contributed by atoms with E-state index in [1.165, 1.54) is 0 Å². The maximum absolute atomic E-state index is 12.5. The molecule has 0 N–H and O–H groups in total. The van der Waals surface area contributed by atoms with Crippen LogP contribution in [0, 0.1) is 5.41 Å². The molecule has 4 heterocycles. The third-order valence-corrected chi connectivity index (χ3v) is 7.28. The molecular formula is C23H24ClN7O. The normalized spacial score (nSPS) is 19.1. The molecule has 3 aliphatic rings. The van der Waals surface area contributed by atoms with Crippen LogP contribution in [0.1, 0.15) is 49.3 Å². The van der Waals surface area contributed by atoms with Gasteiger partial charge in [0.1, 0.15) is 5.82 Å². The van der Waals surface area contributed by atoms with E-state index in [2.05, 4.69) is 29.9 Å². The SMILES string of the molecule is CCC(=O)N1Cc2cc(Cl)ccc2-n2c(nnc2C2CC3(C2)CN(c2cccnn2)C3)C1. The monoisotopic (exact) mass is 449 g/mol. The number of aromatic nitrogens is 5. The molecule has 164 valence electrons. The Hall–Kier alpha value is -3.00. The van der Waals surface area contributed by atoms with Gasteiger partial charge in [-0.25, -0.2) is 0 Å². The highest BCUT2D eigenvalue weighted by Gasteiger charge is 2.54. The van der Waals surface area contributed by atoms with E-state index in [0.717, 1.165) is 54.6 Å². The maximum atomic E-state index is 12.5. The summed E-state index contributed by atoms with van der Waals surface area (Å²) in [6.07, 6.45) is 4.34. The summed E-state index contributed by atoms with van der Waals surface area (Å²) in [5, 5.41) is 18.0. The molecule has 1 saturated heterocycles. The Kier molecular flexibility index (Phi) is 4.47. The fourth-order valence-corrected chi connectivity index (χ4v) is 5.70. The summed E-state index contributed by atoms with van der Waals surface area (Å²) < 4.78 is 2.17. The minimum atomic E-state index is 0.107. The Bertz CT molecular complexity index is 1180. The number of amides is 1. The van der Waals surface area contributed by atoms with Crippen LogP contribution in [-0.2, 0) is 17.9 Å². The summed E-state index contributed by atoms with van der Waals surface area (Å²) in [4.78, 5) is 16.7. The zero-order chi connectivity index (χ0) is 21.9. The van der Waals surface area contributed by atoms with Gasteiger partial charge in [0, 0.05) is 48.6 Å². The standard InChI is InChI=1S/C23H24ClN7O/c1-2-21(32)29-11-15-8-17(24)5-6-18(15)31-20(12-29)27-28-22(31)16-9-23(10-16)13-30(14-23)19-4-3-7-25-26-19/h3-8,16H,2,9-14H2,1H3. The van der Waals surface area contributed by atoms with Crippen LogP contribution < -0.4 is 4.90 Å². The first-order valence-corrected chi connectivity index (χ1v) is 11.5. The van der Waals surface area contributed by atoms with Crippen LogP contribution >= 0.6 is 11.6 Å². The number of fused-ring (bicyclic) bond motifs is 3. The van der Waals surface area contributed by atoms with E-state index in [1.807, 2.05) is 42.2 Å². The second kappa shape index (κ2) is 7.27. The number of nitrogens with zero attached hydrogens (tertiary/aromatic N) is 7. The van der Waals surface area contributed by atoms with Crippen molar-refractivity contribution in [1.29, 1.82) is 0 Å². The molecule has 0 bridgehead atoms. The van der Waals surface area contributed by atoms with Gasteiger partial charge in [0.05, 0.1) is 12.2 Å². The summed E-state index contributed by atoms with van der Waals surface area (Å²) in [6, 6.07) is 9.83. The minimum absolute atomic E-state index is 0.107. The lowest BCUT2D eigenvalue weighted by molar-refractivity contribution is -0.132. The number of hydrogen-bond acceptors (Lipinski definition) is 6. The molecular weight excluding hydrogens is 426 g/mol. The van der Waals surface area contributed by atoms with Crippen LogP contribution in [0.15, 0.2) is 36.5 Å². The molecule has 2 aromatic heterocycles. The molecule has 1 amide bonds. The van der Waals surface area contributed by atoms with Crippen LogP contribution in [0.25, 0.3) is 5.69 Å². The minimum Gasteiger partial charge on any atom is -0.354 e. The Balaban J connectivity index is 1.27. The van der Waals surface area contributed by atoms with Crippen LogP contribution in [0.3, 0.4) is 0 Å². The molecule has 1 spiro atoms. The van der Waals surface area contributed by atoms with Gasteiger partial charge in [0.15, 0.2) is 11.6 Å². The number of hydrogen-bond donors (Lipinski definition) is 0. The second-order valence-corrected chi connectivity index (χ2v) is 9.67. The molecule has 6 rings (SSSR count). The fraction of sp³-hybridized carbons (Fsp3) is 0.435. The molecule has 1 aliphatic carbocycles. The first-order chi connectivity index (χ1) is 15.5. The van der Waals surface area contributed by atoms with Gasteiger partial charge in [-0.15, -0.1) is 15.3 Å². The van der Waals surface area contributed by atoms with Crippen LogP contribution in [-0.4, -0.2) is 48.9 Å². The van der Waals surface area contributed by atoms with E-state index in [1.54, 1.807) is 6.20 Å². The first-order valence-electron chi connectivity index (χ1n) is 11.1. The van der Waals surface area contributed by atoms with Crippen LogP contribution in [0.5, 0.6) is 0 Å². The molecule has 3 aromatic rings. The van der Waals surface area contributed by atoms with Crippen molar-refractivity contribution in [2.45, 2.75) is 45.2 Å². The van der Waals surface area contributed by atoms with Gasteiger partial charge in [-0.1, -0.05) is 18.5 Å². The van der Waals surface area contributed by atoms with Crippen molar-refractivity contribution >= 4 is 23.3 Å².